The van der Waals surface area contributed by atoms with Crippen LogP contribution in [0.5, 0.6) is 0 Å². The van der Waals surface area contributed by atoms with Gasteiger partial charge in [0.2, 0.25) is 11.1 Å². The van der Waals surface area contributed by atoms with Crippen LogP contribution in [0.2, 0.25) is 0 Å². The highest BCUT2D eigenvalue weighted by Crippen LogP contribution is 2.49. The van der Waals surface area contributed by atoms with Gasteiger partial charge in [-0.15, -0.1) is 22.0 Å². The summed E-state index contributed by atoms with van der Waals surface area (Å²) < 4.78 is 0.274. The Bertz CT molecular complexity index is 1160. The minimum atomic E-state index is -1.29. The Hall–Kier alpha value is -3.74. The Morgan fingerprint density at radius 2 is 2.20 bits per heavy atom. The topological polar surface area (TPSA) is 240 Å². The molecule has 0 bridgehead atoms. The van der Waals surface area contributed by atoms with Gasteiger partial charge in [-0.25, -0.2) is 19.4 Å². The number of primary amides is 1. The van der Waals surface area contributed by atoms with Gasteiger partial charge in [-0.1, -0.05) is 11.8 Å². The predicted molar refractivity (Wildman–Crippen MR) is 118 cm³/mol. The molecule has 2 aromatic rings. The van der Waals surface area contributed by atoms with E-state index in [0.29, 0.717) is 10.7 Å². The first-order valence-electron chi connectivity index (χ1n) is 10.1. The second kappa shape index (κ2) is 9.86. The maximum atomic E-state index is 13.0. The summed E-state index contributed by atoms with van der Waals surface area (Å²) >= 11 is 2.49. The molecule has 4 amide bonds. The number of fused-ring (bicyclic) bond motifs is 1. The molecule has 2 aromatic heterocycles. The van der Waals surface area contributed by atoms with Crippen molar-refractivity contribution in [3.05, 3.63) is 17.6 Å². The second-order valence-corrected chi connectivity index (χ2v) is 10.3. The molecule has 0 aromatic carbocycles. The lowest BCUT2D eigenvalue weighted by Crippen LogP contribution is -2.71. The molecule has 1 fully saturated rings. The molecule has 2 unspecified atom stereocenters. The van der Waals surface area contributed by atoms with Gasteiger partial charge in [0.05, 0.1) is 0 Å². The summed E-state index contributed by atoms with van der Waals surface area (Å²) in [5.41, 5.74) is 5.45. The molecule has 35 heavy (non-hydrogen) atoms. The lowest BCUT2D eigenvalue weighted by molar-refractivity contribution is -0.150. The van der Waals surface area contributed by atoms with Crippen molar-refractivity contribution in [2.24, 2.45) is 5.73 Å². The van der Waals surface area contributed by atoms with Crippen LogP contribution in [0.15, 0.2) is 22.8 Å². The van der Waals surface area contributed by atoms with E-state index in [1.165, 1.54) is 39.4 Å². The zero-order valence-electron chi connectivity index (χ0n) is 18.1. The Kier molecular flexibility index (Phi) is 6.87. The van der Waals surface area contributed by atoms with Crippen molar-refractivity contribution in [1.82, 2.24) is 56.4 Å². The molecule has 1 saturated heterocycles. The standard InChI is InChI=1S/C16H20N12O5S2/c1-16(2-3-18-14(17)33,35-15-21-24-25-22-15)7-5-34-12-9(11(30)28(12)10(7)13(31)32)20-8(29)4-27-6-19-23-26-27/h6,9,12H,2-5H2,1H3,(H,20,29)(H,31,32)(H3,17,18,33)(H,21,22,24,25)/t9?,12-,16?/m0/s1. The molecule has 4 heterocycles. The molecule has 0 aliphatic carbocycles. The number of aromatic nitrogens is 8. The van der Waals surface area contributed by atoms with Crippen LogP contribution in [0.1, 0.15) is 13.3 Å². The van der Waals surface area contributed by atoms with E-state index in [1.54, 1.807) is 6.92 Å². The summed E-state index contributed by atoms with van der Waals surface area (Å²) in [7, 11) is 0. The van der Waals surface area contributed by atoms with E-state index in [4.69, 9.17) is 5.73 Å². The third-order valence-corrected chi connectivity index (χ3v) is 7.92. The van der Waals surface area contributed by atoms with Crippen LogP contribution in [-0.4, -0.2) is 103 Å². The summed E-state index contributed by atoms with van der Waals surface area (Å²) in [4.78, 5) is 50.0. The normalized spacial score (nSPS) is 21.1. The van der Waals surface area contributed by atoms with Crippen LogP contribution in [-0.2, 0) is 20.9 Å². The predicted octanol–water partition coefficient (Wildman–Crippen LogP) is -2.47. The summed E-state index contributed by atoms with van der Waals surface area (Å²) in [6, 6.07) is -1.61. The number of carbonyl (C=O) groups excluding carboxylic acids is 3. The number of nitrogens with one attached hydrogen (secondary N) is 3. The zero-order chi connectivity index (χ0) is 25.2. The summed E-state index contributed by atoms with van der Waals surface area (Å²) in [5.74, 6) is -2.08. The molecule has 2 aliphatic heterocycles. The van der Waals surface area contributed by atoms with Crippen LogP contribution in [0.3, 0.4) is 0 Å². The maximum Gasteiger partial charge on any atom is 0.352 e. The number of carboxylic acid groups (broad SMARTS) is 1. The number of aromatic amines is 1. The molecule has 17 nitrogen and oxygen atoms in total. The number of thioether (sulfide) groups is 2. The largest absolute Gasteiger partial charge is 0.477 e. The SMILES string of the molecule is CC(CCNC(N)=O)(Sc1nnn[nH]1)C1=C(C(=O)O)N2C(=O)C(NC(=O)Cn3cnnn3)[C@@H]2SC1. The van der Waals surface area contributed by atoms with Gasteiger partial charge >= 0.3 is 12.0 Å². The molecule has 19 heteroatoms. The third kappa shape index (κ3) is 5.04. The number of β-lactam (4-membered cyclic amide) rings is 1. The summed E-state index contributed by atoms with van der Waals surface area (Å²) in [5, 5.41) is 39.0. The first-order chi connectivity index (χ1) is 16.7. The van der Waals surface area contributed by atoms with E-state index in [9.17, 15) is 24.3 Å². The van der Waals surface area contributed by atoms with Crippen molar-refractivity contribution in [2.75, 3.05) is 12.3 Å². The number of tetrazole rings is 2. The van der Waals surface area contributed by atoms with Crippen LogP contribution in [0, 0.1) is 0 Å². The van der Waals surface area contributed by atoms with Crippen LogP contribution in [0.4, 0.5) is 4.79 Å². The van der Waals surface area contributed by atoms with Crippen LogP contribution < -0.4 is 16.4 Å². The number of rotatable bonds is 10. The van der Waals surface area contributed by atoms with E-state index in [2.05, 4.69) is 46.8 Å². The monoisotopic (exact) mass is 524 g/mol. The van der Waals surface area contributed by atoms with Gasteiger partial charge in [0.1, 0.15) is 30.0 Å². The highest BCUT2D eigenvalue weighted by molar-refractivity contribution is 8.01. The highest BCUT2D eigenvalue weighted by atomic mass is 32.2. The fraction of sp³-hybridized carbons (Fsp3) is 0.500. The number of nitrogens with two attached hydrogens (primary N) is 1. The van der Waals surface area contributed by atoms with E-state index in [1.807, 2.05) is 0 Å². The second-order valence-electron chi connectivity index (χ2n) is 7.68. The van der Waals surface area contributed by atoms with Crippen molar-refractivity contribution < 1.29 is 24.3 Å². The van der Waals surface area contributed by atoms with E-state index in [0.717, 1.165) is 0 Å². The number of nitrogens with zero attached hydrogens (tertiary/aromatic N) is 8. The lowest BCUT2D eigenvalue weighted by atomic mass is 9.92. The van der Waals surface area contributed by atoms with Gasteiger partial charge in [0.15, 0.2) is 0 Å². The van der Waals surface area contributed by atoms with Crippen molar-refractivity contribution >= 4 is 47.3 Å². The van der Waals surface area contributed by atoms with Gasteiger partial charge in [0, 0.05) is 17.0 Å². The van der Waals surface area contributed by atoms with Crippen molar-refractivity contribution in [3.8, 4) is 0 Å². The molecular formula is C16H20N12O5S2. The van der Waals surface area contributed by atoms with Crippen molar-refractivity contribution in [3.63, 3.8) is 0 Å². The third-order valence-electron chi connectivity index (χ3n) is 5.37. The Balaban J connectivity index is 1.57. The summed E-state index contributed by atoms with van der Waals surface area (Å²) in [6.07, 6.45) is 1.53. The number of aliphatic carboxylic acids is 1. The zero-order valence-corrected chi connectivity index (χ0v) is 19.7. The number of hydrogen-bond donors (Lipinski definition) is 5. The lowest BCUT2D eigenvalue weighted by Gasteiger charge is -2.51. The first-order valence-corrected chi connectivity index (χ1v) is 11.9. The van der Waals surface area contributed by atoms with E-state index >= 15 is 0 Å². The fourth-order valence-electron chi connectivity index (χ4n) is 3.74. The fourth-order valence-corrected chi connectivity index (χ4v) is 6.44. The average Bonchev–Trinajstić information content (AvgIpc) is 3.50. The van der Waals surface area contributed by atoms with Crippen LogP contribution >= 0.6 is 23.5 Å². The van der Waals surface area contributed by atoms with E-state index in [-0.39, 0.29) is 31.0 Å². The number of H-pyrrole nitrogens is 1. The first kappa shape index (κ1) is 24.4. The van der Waals surface area contributed by atoms with Gasteiger partial charge in [0.25, 0.3) is 5.91 Å². The van der Waals surface area contributed by atoms with Gasteiger partial charge in [-0.05, 0) is 39.8 Å². The van der Waals surface area contributed by atoms with Crippen molar-refractivity contribution in [2.45, 2.75) is 41.2 Å². The average molecular weight is 525 g/mol. The molecular weight excluding hydrogens is 504 g/mol. The number of urea groups is 1. The molecule has 6 N–H and O–H groups in total. The van der Waals surface area contributed by atoms with Gasteiger partial charge < -0.3 is 21.5 Å². The molecule has 0 radical (unpaired) electrons. The number of carboxylic acids is 1. The van der Waals surface area contributed by atoms with Crippen molar-refractivity contribution in [1.29, 1.82) is 0 Å². The number of carbonyl (C=O) groups is 4. The number of hydrogen-bond acceptors (Lipinski definition) is 12. The Morgan fingerprint density at radius 3 is 2.83 bits per heavy atom. The minimum absolute atomic E-state index is 0.147. The molecule has 3 atom stereocenters. The van der Waals surface area contributed by atoms with Crippen LogP contribution in [0.25, 0.3) is 0 Å². The Labute approximate surface area is 205 Å². The molecule has 2 aliphatic rings. The van der Waals surface area contributed by atoms with Gasteiger partial charge in [-0.2, -0.15) is 0 Å². The Morgan fingerprint density at radius 1 is 1.40 bits per heavy atom. The molecule has 186 valence electrons. The molecule has 4 rings (SSSR count). The minimum Gasteiger partial charge on any atom is -0.477 e. The highest BCUT2D eigenvalue weighted by Gasteiger charge is 2.56. The van der Waals surface area contributed by atoms with E-state index < -0.39 is 40.0 Å². The maximum absolute atomic E-state index is 13.0. The summed E-state index contributed by atoms with van der Waals surface area (Å²) in [6.45, 7) is 1.74. The molecule has 0 saturated carbocycles. The number of amides is 4. The quantitative estimate of drug-likeness (QED) is 0.160. The molecule has 0 spiro atoms. The van der Waals surface area contributed by atoms with Gasteiger partial charge in [-0.3, -0.25) is 14.5 Å². The smallest absolute Gasteiger partial charge is 0.352 e.